The molecule has 0 radical (unpaired) electrons. The molecule has 1 amide bonds. The minimum atomic E-state index is 0.0305. The van der Waals surface area contributed by atoms with Crippen molar-refractivity contribution in [3.8, 4) is 0 Å². The summed E-state index contributed by atoms with van der Waals surface area (Å²) >= 11 is 1.67. The normalized spacial score (nSPS) is 17.3. The maximum Gasteiger partial charge on any atom is 0.265 e. The summed E-state index contributed by atoms with van der Waals surface area (Å²) in [7, 11) is 0. The number of hydrogen-bond acceptors (Lipinski definition) is 2. The number of carbonyl (C=O) groups excluding carboxylic acids is 1. The van der Waals surface area contributed by atoms with Crippen LogP contribution in [-0.4, -0.2) is 5.91 Å². The first-order chi connectivity index (χ1) is 10.2. The van der Waals surface area contributed by atoms with Gasteiger partial charge in [-0.15, -0.1) is 11.3 Å². The van der Waals surface area contributed by atoms with Crippen molar-refractivity contribution in [2.75, 3.05) is 5.32 Å². The topological polar surface area (TPSA) is 29.1 Å². The van der Waals surface area contributed by atoms with Crippen LogP contribution >= 0.6 is 11.3 Å². The molecular formula is C18H21NOS. The summed E-state index contributed by atoms with van der Waals surface area (Å²) in [4.78, 5) is 14.7. The molecule has 1 aromatic heterocycles. The van der Waals surface area contributed by atoms with Crippen molar-refractivity contribution in [1.29, 1.82) is 0 Å². The van der Waals surface area contributed by atoms with E-state index in [9.17, 15) is 4.79 Å². The molecule has 21 heavy (non-hydrogen) atoms. The molecule has 1 heterocycles. The van der Waals surface area contributed by atoms with Crippen LogP contribution in [-0.2, 0) is 19.3 Å². The smallest absolute Gasteiger partial charge is 0.265 e. The monoisotopic (exact) mass is 299 g/mol. The van der Waals surface area contributed by atoms with Crippen molar-refractivity contribution in [2.45, 2.75) is 39.5 Å². The van der Waals surface area contributed by atoms with Crippen LogP contribution < -0.4 is 5.32 Å². The molecule has 0 saturated heterocycles. The van der Waals surface area contributed by atoms with Gasteiger partial charge in [0.25, 0.3) is 5.91 Å². The van der Waals surface area contributed by atoms with Crippen LogP contribution in [0.15, 0.2) is 30.3 Å². The molecule has 1 N–H and O–H groups in total. The summed E-state index contributed by atoms with van der Waals surface area (Å²) in [5.74, 6) is 0.770. The number of nitrogens with one attached hydrogen (secondary N) is 1. The molecule has 1 aliphatic carbocycles. The minimum Gasteiger partial charge on any atom is -0.321 e. The number of rotatable bonds is 3. The zero-order chi connectivity index (χ0) is 14.8. The van der Waals surface area contributed by atoms with E-state index >= 15 is 0 Å². The van der Waals surface area contributed by atoms with Gasteiger partial charge in [0.2, 0.25) is 0 Å². The van der Waals surface area contributed by atoms with E-state index < -0.39 is 0 Å². The van der Waals surface area contributed by atoms with E-state index in [1.165, 1.54) is 22.4 Å². The quantitative estimate of drug-likeness (QED) is 0.875. The van der Waals surface area contributed by atoms with Crippen LogP contribution in [0.1, 0.15) is 45.9 Å². The molecule has 2 aromatic rings. The van der Waals surface area contributed by atoms with Crippen LogP contribution in [0.25, 0.3) is 0 Å². The van der Waals surface area contributed by atoms with Gasteiger partial charge in [-0.25, -0.2) is 0 Å². The molecule has 0 fully saturated rings. The third-order valence-electron chi connectivity index (χ3n) is 4.20. The predicted octanol–water partition coefficient (Wildman–Crippen LogP) is 4.69. The van der Waals surface area contributed by atoms with Crippen LogP contribution in [0.2, 0.25) is 0 Å². The Morgan fingerprint density at radius 1 is 1.38 bits per heavy atom. The molecule has 1 unspecified atom stereocenters. The van der Waals surface area contributed by atoms with Gasteiger partial charge in [-0.1, -0.05) is 32.0 Å². The predicted molar refractivity (Wildman–Crippen MR) is 89.3 cm³/mol. The molecule has 1 aliphatic rings. The second-order valence-corrected chi connectivity index (χ2v) is 7.01. The summed E-state index contributed by atoms with van der Waals surface area (Å²) in [6.07, 6.45) is 4.41. The Labute approximate surface area is 130 Å². The molecule has 2 nitrogen and oxygen atoms in total. The van der Waals surface area contributed by atoms with Crippen molar-refractivity contribution in [3.63, 3.8) is 0 Å². The first-order valence-electron chi connectivity index (χ1n) is 7.68. The standard InChI is InChI=1S/C18H21NOS/c1-3-13-6-4-5-7-15(13)19-18(20)17-11-14-10-12(2)8-9-16(14)21-17/h4-7,11-12H,3,8-10H2,1-2H3,(H,19,20). The number of thiophene rings is 1. The molecule has 3 heteroatoms. The summed E-state index contributed by atoms with van der Waals surface area (Å²) in [5, 5.41) is 3.07. The largest absolute Gasteiger partial charge is 0.321 e. The maximum absolute atomic E-state index is 12.5. The summed E-state index contributed by atoms with van der Waals surface area (Å²) in [6, 6.07) is 10.1. The first-order valence-corrected chi connectivity index (χ1v) is 8.50. The SMILES string of the molecule is CCc1ccccc1NC(=O)c1cc2c(s1)CCC(C)C2. The highest BCUT2D eigenvalue weighted by molar-refractivity contribution is 7.14. The average molecular weight is 299 g/mol. The Morgan fingerprint density at radius 2 is 2.19 bits per heavy atom. The van der Waals surface area contributed by atoms with Gasteiger partial charge in [-0.3, -0.25) is 4.79 Å². The van der Waals surface area contributed by atoms with E-state index in [1.807, 2.05) is 18.2 Å². The fourth-order valence-corrected chi connectivity index (χ4v) is 4.06. The molecule has 0 spiro atoms. The first kappa shape index (κ1) is 14.3. The van der Waals surface area contributed by atoms with Crippen molar-refractivity contribution >= 4 is 22.9 Å². The Bertz CT molecular complexity index is 659. The third kappa shape index (κ3) is 3.03. The molecule has 0 saturated carbocycles. The van der Waals surface area contributed by atoms with E-state index in [1.54, 1.807) is 11.3 Å². The van der Waals surface area contributed by atoms with Crippen LogP contribution in [0.5, 0.6) is 0 Å². The molecule has 110 valence electrons. The Kier molecular flexibility index (Phi) is 4.11. The number of hydrogen-bond donors (Lipinski definition) is 1. The average Bonchev–Trinajstić information content (AvgIpc) is 2.91. The number of fused-ring (bicyclic) bond motifs is 1. The zero-order valence-electron chi connectivity index (χ0n) is 12.6. The molecular weight excluding hydrogens is 278 g/mol. The molecule has 1 atom stereocenters. The van der Waals surface area contributed by atoms with Gasteiger partial charge >= 0.3 is 0 Å². The number of aryl methyl sites for hydroxylation is 2. The molecule has 0 bridgehead atoms. The Morgan fingerprint density at radius 3 is 3.00 bits per heavy atom. The van der Waals surface area contributed by atoms with Crippen molar-refractivity contribution in [3.05, 3.63) is 51.2 Å². The van der Waals surface area contributed by atoms with Gasteiger partial charge in [-0.05, 0) is 54.9 Å². The van der Waals surface area contributed by atoms with Gasteiger partial charge in [0.1, 0.15) is 0 Å². The number of carbonyl (C=O) groups is 1. The van der Waals surface area contributed by atoms with Crippen LogP contribution in [0.3, 0.4) is 0 Å². The van der Waals surface area contributed by atoms with Crippen LogP contribution in [0, 0.1) is 5.92 Å². The number of para-hydroxylation sites is 1. The lowest BCUT2D eigenvalue weighted by Crippen LogP contribution is -2.11. The van der Waals surface area contributed by atoms with Gasteiger partial charge in [-0.2, -0.15) is 0 Å². The lowest BCUT2D eigenvalue weighted by molar-refractivity contribution is 0.103. The fraction of sp³-hybridized carbons (Fsp3) is 0.389. The van der Waals surface area contributed by atoms with Crippen LogP contribution in [0.4, 0.5) is 5.69 Å². The van der Waals surface area contributed by atoms with Crippen molar-refractivity contribution < 1.29 is 4.79 Å². The Hall–Kier alpha value is -1.61. The number of anilines is 1. The summed E-state index contributed by atoms with van der Waals surface area (Å²) < 4.78 is 0. The second kappa shape index (κ2) is 6.02. The molecule has 1 aromatic carbocycles. The van der Waals surface area contributed by atoms with E-state index in [-0.39, 0.29) is 5.91 Å². The third-order valence-corrected chi connectivity index (χ3v) is 5.44. The summed E-state index contributed by atoms with van der Waals surface area (Å²) in [6.45, 7) is 4.40. The lowest BCUT2D eigenvalue weighted by atomic mass is 9.90. The molecule has 0 aliphatic heterocycles. The highest BCUT2D eigenvalue weighted by atomic mass is 32.1. The van der Waals surface area contributed by atoms with E-state index in [0.29, 0.717) is 0 Å². The Balaban J connectivity index is 1.80. The van der Waals surface area contributed by atoms with E-state index in [4.69, 9.17) is 0 Å². The lowest BCUT2D eigenvalue weighted by Gasteiger charge is -2.16. The highest BCUT2D eigenvalue weighted by Crippen LogP contribution is 2.32. The summed E-state index contributed by atoms with van der Waals surface area (Å²) in [5.41, 5.74) is 3.50. The van der Waals surface area contributed by atoms with Gasteiger partial charge in [0.15, 0.2) is 0 Å². The second-order valence-electron chi connectivity index (χ2n) is 5.87. The zero-order valence-corrected chi connectivity index (χ0v) is 13.4. The van der Waals surface area contributed by atoms with Gasteiger partial charge in [0, 0.05) is 10.6 Å². The van der Waals surface area contributed by atoms with Crippen molar-refractivity contribution in [2.24, 2.45) is 5.92 Å². The number of benzene rings is 1. The van der Waals surface area contributed by atoms with E-state index in [0.717, 1.165) is 35.7 Å². The fourth-order valence-electron chi connectivity index (χ4n) is 2.95. The van der Waals surface area contributed by atoms with E-state index in [2.05, 4.69) is 31.3 Å². The minimum absolute atomic E-state index is 0.0305. The highest BCUT2D eigenvalue weighted by Gasteiger charge is 2.20. The molecule has 3 rings (SSSR count). The van der Waals surface area contributed by atoms with Crippen molar-refractivity contribution in [1.82, 2.24) is 0 Å². The van der Waals surface area contributed by atoms with Gasteiger partial charge < -0.3 is 5.32 Å². The van der Waals surface area contributed by atoms with Gasteiger partial charge in [0.05, 0.1) is 4.88 Å². The maximum atomic E-state index is 12.5. The number of amides is 1.